The van der Waals surface area contributed by atoms with Gasteiger partial charge in [-0.3, -0.25) is 14.8 Å². The Bertz CT molecular complexity index is 1080. The van der Waals surface area contributed by atoms with Gasteiger partial charge in [-0.1, -0.05) is 30.3 Å². The summed E-state index contributed by atoms with van der Waals surface area (Å²) in [7, 11) is 1.53. The average molecular weight is 365 g/mol. The van der Waals surface area contributed by atoms with Gasteiger partial charge in [0.2, 0.25) is 0 Å². The molecular weight excluding hydrogens is 350 g/mol. The number of hydroxylamine groups is 2. The number of methoxy groups -OCH3 is 1. The van der Waals surface area contributed by atoms with Crippen LogP contribution in [-0.2, 0) is 4.79 Å². The molecule has 0 aliphatic carbocycles. The number of benzene rings is 2. The number of fused-ring (bicyclic) bond motifs is 1. The summed E-state index contributed by atoms with van der Waals surface area (Å²) in [5.41, 5.74) is -0.420. The van der Waals surface area contributed by atoms with Crippen LogP contribution in [0, 0.1) is 0 Å². The predicted octanol–water partition coefficient (Wildman–Crippen LogP) is 2.87. The third kappa shape index (κ3) is 3.94. The van der Waals surface area contributed by atoms with Crippen molar-refractivity contribution in [3.05, 3.63) is 82.2 Å². The number of carbonyl (C=O) groups is 2. The van der Waals surface area contributed by atoms with Crippen molar-refractivity contribution < 1.29 is 24.0 Å². The first kappa shape index (κ1) is 18.1. The van der Waals surface area contributed by atoms with Crippen molar-refractivity contribution in [3.8, 4) is 5.75 Å². The summed E-state index contributed by atoms with van der Waals surface area (Å²) in [6, 6.07) is 14.7. The Morgan fingerprint density at radius 1 is 1.11 bits per heavy atom. The largest absolute Gasteiger partial charge is 0.497 e. The van der Waals surface area contributed by atoms with Gasteiger partial charge in [0.05, 0.1) is 7.11 Å². The van der Waals surface area contributed by atoms with E-state index in [2.05, 4.69) is 0 Å². The number of hydrogen-bond donors (Lipinski definition) is 1. The van der Waals surface area contributed by atoms with E-state index in [0.29, 0.717) is 22.3 Å². The monoisotopic (exact) mass is 365 g/mol. The van der Waals surface area contributed by atoms with Gasteiger partial charge in [-0.15, -0.1) is 5.06 Å². The molecule has 0 saturated heterocycles. The van der Waals surface area contributed by atoms with Gasteiger partial charge in [-0.2, -0.15) is 0 Å². The summed E-state index contributed by atoms with van der Waals surface area (Å²) in [6.07, 6.45) is 2.43. The molecule has 1 aromatic heterocycles. The molecule has 1 N–H and O–H groups in total. The highest BCUT2D eigenvalue weighted by atomic mass is 16.5. The third-order valence-corrected chi connectivity index (χ3v) is 3.81. The van der Waals surface area contributed by atoms with Crippen molar-refractivity contribution in [2.24, 2.45) is 0 Å². The minimum absolute atomic E-state index is 0.124. The quantitative estimate of drug-likeness (QED) is 0.330. The Kier molecular flexibility index (Phi) is 5.14. The van der Waals surface area contributed by atoms with Crippen LogP contribution in [0.5, 0.6) is 5.75 Å². The zero-order valence-electron chi connectivity index (χ0n) is 14.3. The highest BCUT2D eigenvalue weighted by molar-refractivity contribution is 6.08. The van der Waals surface area contributed by atoms with E-state index < -0.39 is 23.0 Å². The molecule has 3 rings (SSSR count). The van der Waals surface area contributed by atoms with E-state index in [-0.39, 0.29) is 5.06 Å². The molecule has 2 amide bonds. The van der Waals surface area contributed by atoms with Gasteiger partial charge < -0.3 is 9.15 Å². The lowest BCUT2D eigenvalue weighted by Crippen LogP contribution is -2.35. The van der Waals surface area contributed by atoms with Crippen molar-refractivity contribution in [1.82, 2.24) is 5.06 Å². The molecule has 0 fully saturated rings. The van der Waals surface area contributed by atoms with Gasteiger partial charge in [-0.25, -0.2) is 4.79 Å². The lowest BCUT2D eigenvalue weighted by molar-refractivity contribution is -0.147. The number of amides is 2. The molecule has 0 atom stereocenters. The van der Waals surface area contributed by atoms with E-state index in [1.807, 2.05) is 0 Å². The number of carbonyl (C=O) groups excluding carboxylic acids is 2. The fraction of sp³-hybridized carbons (Fsp3) is 0.0500. The fourth-order valence-electron chi connectivity index (χ4n) is 2.38. The maximum absolute atomic E-state index is 12.3. The molecule has 0 spiro atoms. The predicted molar refractivity (Wildman–Crippen MR) is 97.5 cm³/mol. The van der Waals surface area contributed by atoms with Gasteiger partial charge in [0, 0.05) is 11.5 Å². The molecule has 7 nitrogen and oxygen atoms in total. The number of nitrogens with zero attached hydrogens (tertiary/aromatic N) is 1. The molecule has 2 aromatic carbocycles. The average Bonchev–Trinajstić information content (AvgIpc) is 2.70. The van der Waals surface area contributed by atoms with Crippen LogP contribution in [-0.4, -0.2) is 29.2 Å². The Morgan fingerprint density at radius 2 is 1.81 bits per heavy atom. The second-order valence-electron chi connectivity index (χ2n) is 5.55. The van der Waals surface area contributed by atoms with Crippen LogP contribution in [0.3, 0.4) is 0 Å². The standard InChI is InChI=1S/C20H15NO6/c1-26-15-9-6-13(7-10-15)8-11-18(22)21(25)19(23)16-12-14-4-2-3-5-17(14)27-20(16)24/h2-12,25H,1H3/b11-8+. The highest BCUT2D eigenvalue weighted by Crippen LogP contribution is 2.14. The molecule has 27 heavy (non-hydrogen) atoms. The van der Waals surface area contributed by atoms with Gasteiger partial charge in [-0.05, 0) is 35.9 Å². The first-order valence-corrected chi connectivity index (χ1v) is 7.92. The lowest BCUT2D eigenvalue weighted by Gasteiger charge is -2.10. The first-order valence-electron chi connectivity index (χ1n) is 7.92. The van der Waals surface area contributed by atoms with Crippen molar-refractivity contribution in [1.29, 1.82) is 0 Å². The zero-order chi connectivity index (χ0) is 19.4. The summed E-state index contributed by atoms with van der Waals surface area (Å²) in [5, 5.41) is 10.3. The Labute approximate surface area is 153 Å². The van der Waals surface area contributed by atoms with E-state index in [1.54, 1.807) is 48.5 Å². The summed E-state index contributed by atoms with van der Waals surface area (Å²) in [5.74, 6) is -1.51. The summed E-state index contributed by atoms with van der Waals surface area (Å²) in [4.78, 5) is 36.3. The maximum atomic E-state index is 12.3. The van der Waals surface area contributed by atoms with Crippen LogP contribution < -0.4 is 10.4 Å². The minimum Gasteiger partial charge on any atom is -0.497 e. The van der Waals surface area contributed by atoms with E-state index in [0.717, 1.165) is 6.08 Å². The second-order valence-corrected chi connectivity index (χ2v) is 5.55. The normalized spacial score (nSPS) is 10.9. The molecule has 0 aliphatic rings. The Hall–Kier alpha value is -3.71. The zero-order valence-corrected chi connectivity index (χ0v) is 14.3. The number of imide groups is 1. The maximum Gasteiger partial charge on any atom is 0.349 e. The Morgan fingerprint density at radius 3 is 2.52 bits per heavy atom. The molecular formula is C20H15NO6. The van der Waals surface area contributed by atoms with Crippen LogP contribution in [0.4, 0.5) is 0 Å². The first-order chi connectivity index (χ1) is 13.0. The molecule has 0 saturated carbocycles. The van der Waals surface area contributed by atoms with Gasteiger partial charge in [0.15, 0.2) is 0 Å². The van der Waals surface area contributed by atoms with E-state index in [9.17, 15) is 19.6 Å². The lowest BCUT2D eigenvalue weighted by atomic mass is 10.1. The van der Waals surface area contributed by atoms with Crippen molar-refractivity contribution in [2.45, 2.75) is 0 Å². The van der Waals surface area contributed by atoms with E-state index in [4.69, 9.17) is 9.15 Å². The molecule has 136 valence electrons. The molecule has 0 aliphatic heterocycles. The molecule has 7 heteroatoms. The number of ether oxygens (including phenoxy) is 1. The van der Waals surface area contributed by atoms with E-state index in [1.165, 1.54) is 19.3 Å². The summed E-state index contributed by atoms with van der Waals surface area (Å²) < 4.78 is 10.1. The molecule has 1 heterocycles. The van der Waals surface area contributed by atoms with Gasteiger partial charge in [0.1, 0.15) is 16.9 Å². The van der Waals surface area contributed by atoms with Crippen LogP contribution in [0.25, 0.3) is 17.0 Å². The van der Waals surface area contributed by atoms with Crippen LogP contribution >= 0.6 is 0 Å². The number of para-hydroxylation sites is 1. The summed E-state index contributed by atoms with van der Waals surface area (Å²) in [6.45, 7) is 0. The van der Waals surface area contributed by atoms with Gasteiger partial charge in [0.25, 0.3) is 11.8 Å². The highest BCUT2D eigenvalue weighted by Gasteiger charge is 2.23. The van der Waals surface area contributed by atoms with Crippen LogP contribution in [0.2, 0.25) is 0 Å². The fourth-order valence-corrected chi connectivity index (χ4v) is 2.38. The number of hydrogen-bond acceptors (Lipinski definition) is 6. The minimum atomic E-state index is -1.17. The molecule has 0 radical (unpaired) electrons. The smallest absolute Gasteiger partial charge is 0.349 e. The molecule has 0 unspecified atom stereocenters. The van der Waals surface area contributed by atoms with Gasteiger partial charge >= 0.3 is 5.63 Å². The SMILES string of the molecule is COc1ccc(/C=C/C(=O)N(O)C(=O)c2cc3ccccc3oc2=O)cc1. The van der Waals surface area contributed by atoms with Crippen LogP contribution in [0.1, 0.15) is 15.9 Å². The van der Waals surface area contributed by atoms with Crippen LogP contribution in [0.15, 0.2) is 69.9 Å². The second kappa shape index (κ2) is 7.67. The molecule has 3 aromatic rings. The van der Waals surface area contributed by atoms with Crippen molar-refractivity contribution in [3.63, 3.8) is 0 Å². The van der Waals surface area contributed by atoms with Crippen molar-refractivity contribution >= 4 is 28.9 Å². The van der Waals surface area contributed by atoms with E-state index >= 15 is 0 Å². The Balaban J connectivity index is 1.79. The number of rotatable bonds is 4. The summed E-state index contributed by atoms with van der Waals surface area (Å²) >= 11 is 0. The van der Waals surface area contributed by atoms with Crippen molar-refractivity contribution in [2.75, 3.05) is 7.11 Å². The third-order valence-electron chi connectivity index (χ3n) is 3.81. The molecule has 0 bridgehead atoms. The topological polar surface area (TPSA) is 97.1 Å².